The largest absolute Gasteiger partial charge is 0.256 e. The highest BCUT2D eigenvalue weighted by molar-refractivity contribution is 6.12. The molecule has 0 aliphatic heterocycles. The van der Waals surface area contributed by atoms with Gasteiger partial charge >= 0.3 is 0 Å². The van der Waals surface area contributed by atoms with E-state index in [1.54, 1.807) is 6.07 Å². The molecule has 0 aliphatic rings. The van der Waals surface area contributed by atoms with E-state index >= 15 is 0 Å². The first-order valence-electron chi connectivity index (χ1n) is 11.0. The van der Waals surface area contributed by atoms with Crippen LogP contribution in [0.15, 0.2) is 91.3 Å². The smallest absolute Gasteiger partial charge is 0.134 e. The Morgan fingerprint density at radius 2 is 1.24 bits per heavy atom. The van der Waals surface area contributed by atoms with Crippen molar-refractivity contribution >= 4 is 32.4 Å². The van der Waals surface area contributed by atoms with E-state index in [0.717, 1.165) is 33.2 Å². The van der Waals surface area contributed by atoms with Gasteiger partial charge in [0.15, 0.2) is 0 Å². The molecule has 4 aromatic carbocycles. The van der Waals surface area contributed by atoms with Gasteiger partial charge in [-0.1, -0.05) is 47.5 Å². The van der Waals surface area contributed by atoms with E-state index in [-0.39, 0.29) is 5.82 Å². The lowest BCUT2D eigenvalue weighted by Gasteiger charge is -2.11. The molecule has 0 saturated heterocycles. The summed E-state index contributed by atoms with van der Waals surface area (Å²) in [5, 5.41) is 5.22. The predicted octanol–water partition coefficient (Wildman–Crippen LogP) is 8.03. The molecule has 6 rings (SSSR count). The number of halogens is 1. The van der Waals surface area contributed by atoms with Crippen molar-refractivity contribution in [3.8, 4) is 22.4 Å². The van der Waals surface area contributed by atoms with Gasteiger partial charge in [0, 0.05) is 28.7 Å². The average Bonchev–Trinajstić information content (AvgIpc) is 2.82. The summed E-state index contributed by atoms with van der Waals surface area (Å²) in [5.74, 6) is -0.246. The van der Waals surface area contributed by atoms with Gasteiger partial charge in [-0.15, -0.1) is 0 Å². The number of rotatable bonds is 2. The van der Waals surface area contributed by atoms with Crippen LogP contribution in [0.1, 0.15) is 11.1 Å². The fourth-order valence-corrected chi connectivity index (χ4v) is 4.81. The minimum absolute atomic E-state index is 0.246. The Balaban J connectivity index is 1.51. The van der Waals surface area contributed by atoms with Crippen molar-refractivity contribution in [1.82, 2.24) is 9.97 Å². The highest BCUT2D eigenvalue weighted by atomic mass is 19.1. The van der Waals surface area contributed by atoms with E-state index in [4.69, 9.17) is 4.98 Å². The van der Waals surface area contributed by atoms with Crippen LogP contribution in [0.4, 0.5) is 4.39 Å². The lowest BCUT2D eigenvalue weighted by Crippen LogP contribution is -1.90. The van der Waals surface area contributed by atoms with Crippen LogP contribution in [0.3, 0.4) is 0 Å². The summed E-state index contributed by atoms with van der Waals surface area (Å²) in [5.41, 5.74) is 7.39. The fourth-order valence-electron chi connectivity index (χ4n) is 4.81. The molecule has 0 saturated carbocycles. The molecule has 0 N–H and O–H groups in total. The molecule has 0 atom stereocenters. The Morgan fingerprint density at radius 1 is 0.545 bits per heavy atom. The summed E-state index contributed by atoms with van der Waals surface area (Å²) in [7, 11) is 0. The highest BCUT2D eigenvalue weighted by Gasteiger charge is 2.11. The van der Waals surface area contributed by atoms with Crippen LogP contribution in [0.25, 0.3) is 54.8 Å². The minimum atomic E-state index is -0.246. The van der Waals surface area contributed by atoms with E-state index in [1.165, 1.54) is 34.2 Å². The van der Waals surface area contributed by atoms with Gasteiger partial charge in [0.05, 0.1) is 11.2 Å². The molecule has 0 amide bonds. The van der Waals surface area contributed by atoms with Crippen LogP contribution in [-0.4, -0.2) is 9.97 Å². The van der Waals surface area contributed by atoms with Gasteiger partial charge in [0.2, 0.25) is 0 Å². The molecule has 0 bridgehead atoms. The quantitative estimate of drug-likeness (QED) is 0.261. The second kappa shape index (κ2) is 7.49. The zero-order valence-corrected chi connectivity index (χ0v) is 18.4. The van der Waals surface area contributed by atoms with Gasteiger partial charge < -0.3 is 0 Å². The number of hydrogen-bond donors (Lipinski definition) is 0. The van der Waals surface area contributed by atoms with Crippen molar-refractivity contribution in [3.63, 3.8) is 0 Å². The summed E-state index contributed by atoms with van der Waals surface area (Å²) in [6, 6.07) is 26.6. The maximum absolute atomic E-state index is 14.0. The van der Waals surface area contributed by atoms with Crippen molar-refractivity contribution in [1.29, 1.82) is 0 Å². The van der Waals surface area contributed by atoms with Crippen LogP contribution in [0, 0.1) is 19.7 Å². The van der Waals surface area contributed by atoms with Gasteiger partial charge in [-0.25, -0.2) is 4.39 Å². The Morgan fingerprint density at radius 3 is 2.06 bits per heavy atom. The second-order valence-corrected chi connectivity index (χ2v) is 8.66. The van der Waals surface area contributed by atoms with Crippen LogP contribution in [-0.2, 0) is 0 Å². The fraction of sp³-hybridized carbons (Fsp3) is 0.0667. The maximum atomic E-state index is 14.0. The van der Waals surface area contributed by atoms with E-state index in [9.17, 15) is 4.39 Å². The summed E-state index contributed by atoms with van der Waals surface area (Å²) in [6.07, 6.45) is 3.40. The predicted molar refractivity (Wildman–Crippen MR) is 135 cm³/mol. The first-order valence-corrected chi connectivity index (χ1v) is 11.0. The van der Waals surface area contributed by atoms with Crippen LogP contribution < -0.4 is 0 Å². The summed E-state index contributed by atoms with van der Waals surface area (Å²) in [4.78, 5) is 9.07. The number of aromatic nitrogens is 2. The molecule has 2 nitrogen and oxygen atoms in total. The van der Waals surface area contributed by atoms with Crippen molar-refractivity contribution in [3.05, 3.63) is 108 Å². The van der Waals surface area contributed by atoms with E-state index in [2.05, 4.69) is 73.4 Å². The second-order valence-electron chi connectivity index (χ2n) is 8.66. The van der Waals surface area contributed by atoms with Gasteiger partial charge in [-0.2, -0.15) is 0 Å². The van der Waals surface area contributed by atoms with Gasteiger partial charge in [-0.05, 0) is 83.6 Å². The van der Waals surface area contributed by atoms with E-state index < -0.39 is 0 Å². The molecule has 0 fully saturated rings. The zero-order valence-electron chi connectivity index (χ0n) is 18.4. The Kier molecular flexibility index (Phi) is 4.44. The molecule has 6 aromatic rings. The van der Waals surface area contributed by atoms with Gasteiger partial charge in [0.25, 0.3) is 0 Å². The third kappa shape index (κ3) is 3.33. The number of hydrogen-bond acceptors (Lipinski definition) is 2. The van der Waals surface area contributed by atoms with Crippen molar-refractivity contribution in [2.45, 2.75) is 13.8 Å². The molecular weight excluding hydrogens is 407 g/mol. The van der Waals surface area contributed by atoms with Crippen LogP contribution >= 0.6 is 0 Å². The molecule has 3 heteroatoms. The number of pyridine rings is 2. The number of fused-ring (bicyclic) bond motifs is 4. The van der Waals surface area contributed by atoms with Gasteiger partial charge in [-0.3, -0.25) is 9.97 Å². The molecule has 0 radical (unpaired) electrons. The molecule has 33 heavy (non-hydrogen) atoms. The standard InChI is InChI=1S/C30H21FN2/c1-18-13-19(2)15-23(14-18)30-26-7-5-22-16-20(3-6-24(22)25(26)9-11-33-30)21-4-8-27-28(31)10-12-32-29(27)17-21/h3-17H,1-2H3. The molecule has 0 aliphatic carbocycles. The molecule has 2 heterocycles. The molecular formula is C30H21FN2. The number of nitrogens with zero attached hydrogens (tertiary/aromatic N) is 2. The normalized spacial score (nSPS) is 11.5. The molecule has 158 valence electrons. The van der Waals surface area contributed by atoms with Crippen LogP contribution in [0.5, 0.6) is 0 Å². The minimum Gasteiger partial charge on any atom is -0.256 e. The Bertz CT molecular complexity index is 1680. The van der Waals surface area contributed by atoms with E-state index in [0.29, 0.717) is 10.9 Å². The Hall–Kier alpha value is -4.11. The first-order chi connectivity index (χ1) is 16.1. The molecule has 0 spiro atoms. The third-order valence-corrected chi connectivity index (χ3v) is 6.28. The number of benzene rings is 4. The zero-order chi connectivity index (χ0) is 22.5. The van der Waals surface area contributed by atoms with Crippen LogP contribution in [0.2, 0.25) is 0 Å². The summed E-state index contributed by atoms with van der Waals surface area (Å²) < 4.78 is 14.0. The lowest BCUT2D eigenvalue weighted by atomic mass is 9.95. The summed E-state index contributed by atoms with van der Waals surface area (Å²) in [6.45, 7) is 4.24. The number of aryl methyl sites for hydroxylation is 2. The van der Waals surface area contributed by atoms with Gasteiger partial charge in [0.1, 0.15) is 5.82 Å². The lowest BCUT2D eigenvalue weighted by molar-refractivity contribution is 0.638. The molecule has 0 unspecified atom stereocenters. The maximum Gasteiger partial charge on any atom is 0.134 e. The first kappa shape index (κ1) is 19.6. The van der Waals surface area contributed by atoms with Crippen molar-refractivity contribution in [2.75, 3.05) is 0 Å². The third-order valence-electron chi connectivity index (χ3n) is 6.28. The van der Waals surface area contributed by atoms with Crippen molar-refractivity contribution in [2.24, 2.45) is 0 Å². The highest BCUT2D eigenvalue weighted by Crippen LogP contribution is 2.34. The topological polar surface area (TPSA) is 25.8 Å². The SMILES string of the molecule is Cc1cc(C)cc(-c2nccc3c2ccc2cc(-c4ccc5c(F)ccnc5c4)ccc23)c1. The Labute approximate surface area is 191 Å². The van der Waals surface area contributed by atoms with E-state index in [1.807, 2.05) is 18.3 Å². The average molecular weight is 429 g/mol. The monoisotopic (exact) mass is 428 g/mol. The summed E-state index contributed by atoms with van der Waals surface area (Å²) >= 11 is 0. The van der Waals surface area contributed by atoms with Crippen molar-refractivity contribution < 1.29 is 4.39 Å². The molecule has 2 aromatic heterocycles.